The lowest BCUT2D eigenvalue weighted by molar-refractivity contribution is -0.0637. The highest BCUT2D eigenvalue weighted by molar-refractivity contribution is 5.88. The molecule has 1 aliphatic heterocycles. The van der Waals surface area contributed by atoms with Gasteiger partial charge in [0.1, 0.15) is 23.7 Å². The van der Waals surface area contributed by atoms with Gasteiger partial charge < -0.3 is 19.3 Å². The second-order valence-electron chi connectivity index (χ2n) is 7.41. The van der Waals surface area contributed by atoms with Gasteiger partial charge in [0.25, 0.3) is 0 Å². The van der Waals surface area contributed by atoms with Crippen molar-refractivity contribution in [3.05, 3.63) is 29.8 Å². The van der Waals surface area contributed by atoms with E-state index in [0.717, 1.165) is 0 Å². The molecule has 0 spiro atoms. The van der Waals surface area contributed by atoms with Crippen LogP contribution in [0, 0.1) is 0 Å². The van der Waals surface area contributed by atoms with E-state index in [0.29, 0.717) is 12.4 Å². The molecule has 1 amide bonds. The highest BCUT2D eigenvalue weighted by atomic mass is 16.6. The molecule has 1 saturated heterocycles. The number of benzene rings is 1. The number of amides is 1. The fourth-order valence-corrected chi connectivity index (χ4v) is 2.60. The highest BCUT2D eigenvalue weighted by Gasteiger charge is 2.46. The molecule has 25 heavy (non-hydrogen) atoms. The fourth-order valence-electron chi connectivity index (χ4n) is 2.60. The number of carbonyl (C=O) groups excluding carboxylic acids is 1. The quantitative estimate of drug-likeness (QED) is 0.897. The average Bonchev–Trinajstić information content (AvgIpc) is 2.78. The van der Waals surface area contributed by atoms with Gasteiger partial charge in [0.15, 0.2) is 0 Å². The summed E-state index contributed by atoms with van der Waals surface area (Å²) in [5, 5.41) is 9.04. The van der Waals surface area contributed by atoms with Gasteiger partial charge in [0, 0.05) is 0 Å². The summed E-state index contributed by atoms with van der Waals surface area (Å²) in [7, 11) is 0. The van der Waals surface area contributed by atoms with Crippen LogP contribution in [0.1, 0.15) is 45.0 Å². The number of carbonyl (C=O) groups is 2. The second kappa shape index (κ2) is 6.92. The Morgan fingerprint density at radius 1 is 1.36 bits per heavy atom. The highest BCUT2D eigenvalue weighted by Crippen LogP contribution is 2.30. The van der Waals surface area contributed by atoms with Gasteiger partial charge in [-0.05, 0) is 52.8 Å². The monoisotopic (exact) mass is 351 g/mol. The lowest BCUT2D eigenvalue weighted by Gasteiger charge is -2.35. The van der Waals surface area contributed by atoms with Crippen molar-refractivity contribution in [1.29, 1.82) is 0 Å². The third kappa shape index (κ3) is 4.85. The molecular formula is C18H25NO6. The van der Waals surface area contributed by atoms with Crippen molar-refractivity contribution in [2.75, 3.05) is 13.2 Å². The molecular weight excluding hydrogens is 326 g/mol. The third-order valence-electron chi connectivity index (χ3n) is 3.69. The van der Waals surface area contributed by atoms with E-state index in [2.05, 4.69) is 0 Å². The zero-order chi connectivity index (χ0) is 18.8. The molecule has 0 aliphatic carbocycles. The molecule has 1 aromatic carbocycles. The van der Waals surface area contributed by atoms with Crippen LogP contribution in [-0.2, 0) is 9.47 Å². The number of carboxylic acid groups (broad SMARTS) is 1. The van der Waals surface area contributed by atoms with E-state index in [-0.39, 0.29) is 18.2 Å². The first-order chi connectivity index (χ1) is 11.5. The van der Waals surface area contributed by atoms with Gasteiger partial charge in [0.2, 0.25) is 0 Å². The zero-order valence-corrected chi connectivity index (χ0v) is 15.2. The Labute approximate surface area is 147 Å². The minimum atomic E-state index is -1.02. The smallest absolute Gasteiger partial charge is 0.413 e. The van der Waals surface area contributed by atoms with Gasteiger partial charge in [0.05, 0.1) is 18.2 Å². The summed E-state index contributed by atoms with van der Waals surface area (Å²) >= 11 is 0. The minimum absolute atomic E-state index is 0.143. The molecule has 0 radical (unpaired) electrons. The molecule has 1 atom stereocenters. The summed E-state index contributed by atoms with van der Waals surface area (Å²) < 4.78 is 16.9. The van der Waals surface area contributed by atoms with Crippen molar-refractivity contribution in [2.24, 2.45) is 0 Å². The molecule has 1 aromatic rings. The molecule has 0 saturated carbocycles. The van der Waals surface area contributed by atoms with Gasteiger partial charge in [-0.25, -0.2) is 9.59 Å². The van der Waals surface area contributed by atoms with E-state index in [1.807, 2.05) is 0 Å². The molecule has 7 nitrogen and oxygen atoms in total. The van der Waals surface area contributed by atoms with Crippen LogP contribution in [0.25, 0.3) is 0 Å². The summed E-state index contributed by atoms with van der Waals surface area (Å²) in [5.74, 6) is -0.597. The first kappa shape index (κ1) is 19.1. The first-order valence-corrected chi connectivity index (χ1v) is 8.12. The van der Waals surface area contributed by atoms with Crippen LogP contribution >= 0.6 is 0 Å². The van der Waals surface area contributed by atoms with Crippen LogP contribution in [0.4, 0.5) is 4.79 Å². The zero-order valence-electron chi connectivity index (χ0n) is 15.2. The Kier molecular flexibility index (Phi) is 5.27. The maximum atomic E-state index is 12.5. The Morgan fingerprint density at radius 2 is 2.04 bits per heavy atom. The molecule has 1 N–H and O–H groups in total. The van der Waals surface area contributed by atoms with Crippen LogP contribution in [0.15, 0.2) is 24.3 Å². The van der Waals surface area contributed by atoms with Crippen LogP contribution in [0.2, 0.25) is 0 Å². The summed E-state index contributed by atoms with van der Waals surface area (Å²) in [6.07, 6.45) is -0.470. The van der Waals surface area contributed by atoms with E-state index in [1.165, 1.54) is 17.0 Å². The summed E-state index contributed by atoms with van der Waals surface area (Å²) in [6.45, 7) is 9.48. The van der Waals surface area contributed by atoms with Crippen LogP contribution in [0.5, 0.6) is 5.75 Å². The molecule has 1 heterocycles. The number of nitrogens with zero attached hydrogens (tertiary/aromatic N) is 1. The summed E-state index contributed by atoms with van der Waals surface area (Å²) in [4.78, 5) is 25.1. The van der Waals surface area contributed by atoms with Crippen molar-refractivity contribution in [3.63, 3.8) is 0 Å². The molecule has 1 fully saturated rings. The van der Waals surface area contributed by atoms with Crippen molar-refractivity contribution >= 4 is 12.1 Å². The SMILES string of the molecule is CC(C)(C)OC(=O)N1[C@H](COc2cccc(C(=O)O)c2)COC1(C)C. The number of hydrogen-bond acceptors (Lipinski definition) is 5. The summed E-state index contributed by atoms with van der Waals surface area (Å²) in [5.41, 5.74) is -1.28. The Balaban J connectivity index is 2.08. The van der Waals surface area contributed by atoms with E-state index in [9.17, 15) is 9.59 Å². The number of ether oxygens (including phenoxy) is 3. The lowest BCUT2D eigenvalue weighted by atomic mass is 10.2. The number of carboxylic acids is 1. The second-order valence-corrected chi connectivity index (χ2v) is 7.41. The van der Waals surface area contributed by atoms with E-state index in [4.69, 9.17) is 19.3 Å². The molecule has 7 heteroatoms. The van der Waals surface area contributed by atoms with Gasteiger partial charge in [-0.2, -0.15) is 0 Å². The van der Waals surface area contributed by atoms with Crippen molar-refractivity contribution in [1.82, 2.24) is 4.90 Å². The number of aromatic carboxylic acids is 1. The molecule has 2 rings (SSSR count). The fraction of sp³-hybridized carbons (Fsp3) is 0.556. The molecule has 1 aliphatic rings. The molecule has 0 bridgehead atoms. The van der Waals surface area contributed by atoms with Gasteiger partial charge in [-0.15, -0.1) is 0 Å². The van der Waals surface area contributed by atoms with E-state index >= 15 is 0 Å². The normalized spacial score (nSPS) is 19.6. The van der Waals surface area contributed by atoms with Gasteiger partial charge >= 0.3 is 12.1 Å². The Morgan fingerprint density at radius 3 is 2.64 bits per heavy atom. The topological polar surface area (TPSA) is 85.3 Å². The predicted molar refractivity (Wildman–Crippen MR) is 90.8 cm³/mol. The van der Waals surface area contributed by atoms with Crippen LogP contribution in [0.3, 0.4) is 0 Å². The standard InChI is InChI=1S/C18H25NO6/c1-17(2,3)25-16(22)19-13(11-24-18(19,4)5)10-23-14-8-6-7-12(9-14)15(20)21/h6-9,13H,10-11H2,1-5H3,(H,20,21)/t13-/m1/s1. The van der Waals surface area contributed by atoms with Crippen LogP contribution in [-0.4, -0.2) is 52.7 Å². The number of hydrogen-bond donors (Lipinski definition) is 1. The van der Waals surface area contributed by atoms with E-state index < -0.39 is 23.4 Å². The molecule has 138 valence electrons. The van der Waals surface area contributed by atoms with Gasteiger partial charge in [-0.3, -0.25) is 4.90 Å². The maximum absolute atomic E-state index is 12.5. The van der Waals surface area contributed by atoms with Crippen molar-refractivity contribution < 1.29 is 28.9 Å². The lowest BCUT2D eigenvalue weighted by Crippen LogP contribution is -2.51. The van der Waals surface area contributed by atoms with Crippen molar-refractivity contribution in [3.8, 4) is 5.75 Å². The predicted octanol–water partition coefficient (Wildman–Crippen LogP) is 3.14. The van der Waals surface area contributed by atoms with Gasteiger partial charge in [-0.1, -0.05) is 6.07 Å². The first-order valence-electron chi connectivity index (χ1n) is 8.12. The van der Waals surface area contributed by atoms with Crippen molar-refractivity contribution in [2.45, 2.75) is 52.0 Å². The molecule has 0 unspecified atom stereocenters. The third-order valence-corrected chi connectivity index (χ3v) is 3.69. The van der Waals surface area contributed by atoms with Crippen LogP contribution < -0.4 is 4.74 Å². The Bertz CT molecular complexity index is 649. The van der Waals surface area contributed by atoms with E-state index in [1.54, 1.807) is 46.8 Å². The minimum Gasteiger partial charge on any atom is -0.491 e. The maximum Gasteiger partial charge on any atom is 0.413 e. The largest absolute Gasteiger partial charge is 0.491 e. The summed E-state index contributed by atoms with van der Waals surface area (Å²) in [6, 6.07) is 5.88. The number of rotatable bonds is 4. The Hall–Kier alpha value is -2.28. The average molecular weight is 351 g/mol. The molecule has 0 aromatic heterocycles.